The zero-order valence-corrected chi connectivity index (χ0v) is 12.0. The van der Waals surface area contributed by atoms with Crippen molar-refractivity contribution in [3.05, 3.63) is 28.8 Å². The molecule has 0 saturated carbocycles. The van der Waals surface area contributed by atoms with E-state index < -0.39 is 0 Å². The fourth-order valence-electron chi connectivity index (χ4n) is 2.05. The highest BCUT2D eigenvalue weighted by Crippen LogP contribution is 2.23. The third-order valence-corrected chi connectivity index (χ3v) is 3.48. The van der Waals surface area contributed by atoms with Crippen LogP contribution in [0.5, 0.6) is 0 Å². The van der Waals surface area contributed by atoms with Gasteiger partial charge in [0.25, 0.3) is 0 Å². The Balaban J connectivity index is 2.02. The van der Waals surface area contributed by atoms with Crippen LogP contribution in [0, 0.1) is 11.3 Å². The molecule has 1 aliphatic heterocycles. The minimum Gasteiger partial charge on any atom is -0.378 e. The molecule has 1 aromatic rings. The molecule has 0 aromatic heterocycles. The van der Waals surface area contributed by atoms with Crippen LogP contribution in [0.15, 0.2) is 18.2 Å². The van der Waals surface area contributed by atoms with E-state index in [0.717, 1.165) is 0 Å². The van der Waals surface area contributed by atoms with Crippen LogP contribution in [-0.2, 0) is 9.53 Å². The predicted molar refractivity (Wildman–Crippen MR) is 76.7 cm³/mol. The largest absolute Gasteiger partial charge is 0.378 e. The quantitative estimate of drug-likeness (QED) is 0.924. The van der Waals surface area contributed by atoms with Crippen molar-refractivity contribution in [3.8, 4) is 6.07 Å². The maximum atomic E-state index is 12.2. The Kier molecular flexibility index (Phi) is 4.83. The molecule has 106 valence electrons. The second kappa shape index (κ2) is 6.60. The third-order valence-electron chi connectivity index (χ3n) is 3.16. The number of nitrogens with zero attached hydrogens (tertiary/aromatic N) is 2. The second-order valence-electron chi connectivity index (χ2n) is 4.61. The molecule has 0 aliphatic carbocycles. The van der Waals surface area contributed by atoms with Crippen LogP contribution in [0.25, 0.3) is 0 Å². The molecular weight excluding hydrogens is 278 g/mol. The number of anilines is 1. The fourth-order valence-corrected chi connectivity index (χ4v) is 2.29. The van der Waals surface area contributed by atoms with E-state index >= 15 is 0 Å². The Hall–Kier alpha value is -1.77. The minimum atomic E-state index is -0.376. The van der Waals surface area contributed by atoms with Crippen LogP contribution in [-0.4, -0.2) is 43.2 Å². The number of rotatable bonds is 3. The van der Waals surface area contributed by atoms with Gasteiger partial charge in [-0.2, -0.15) is 5.26 Å². The Morgan fingerprint density at radius 1 is 1.50 bits per heavy atom. The summed E-state index contributed by atoms with van der Waals surface area (Å²) < 4.78 is 5.23. The van der Waals surface area contributed by atoms with Gasteiger partial charge in [0, 0.05) is 13.1 Å². The molecule has 1 heterocycles. The van der Waals surface area contributed by atoms with Crippen molar-refractivity contribution in [2.24, 2.45) is 0 Å². The van der Waals surface area contributed by atoms with Crippen molar-refractivity contribution in [2.75, 3.05) is 31.6 Å². The zero-order valence-electron chi connectivity index (χ0n) is 11.2. The predicted octanol–water partition coefficient (Wildman–Crippen LogP) is 1.87. The summed E-state index contributed by atoms with van der Waals surface area (Å²) in [5.74, 6) is 0.0220. The lowest BCUT2D eigenvalue weighted by molar-refractivity contribution is -0.135. The summed E-state index contributed by atoms with van der Waals surface area (Å²) in [5.41, 5.74) is 1.15. The van der Waals surface area contributed by atoms with E-state index in [9.17, 15) is 4.79 Å². The van der Waals surface area contributed by atoms with Gasteiger partial charge in [-0.1, -0.05) is 11.6 Å². The maximum absolute atomic E-state index is 12.2. The number of ether oxygens (including phenoxy) is 1. The molecule has 1 unspecified atom stereocenters. The monoisotopic (exact) mass is 293 g/mol. The number of carbonyl (C=O) groups is 1. The molecule has 1 N–H and O–H groups in total. The number of benzene rings is 1. The highest BCUT2D eigenvalue weighted by molar-refractivity contribution is 6.33. The molecule has 1 aliphatic rings. The van der Waals surface area contributed by atoms with E-state index in [1.807, 2.05) is 6.07 Å². The smallest absolute Gasteiger partial charge is 0.244 e. The third kappa shape index (κ3) is 3.41. The van der Waals surface area contributed by atoms with Crippen molar-refractivity contribution < 1.29 is 9.53 Å². The number of carbonyl (C=O) groups excluding carboxylic acids is 1. The highest BCUT2D eigenvalue weighted by atomic mass is 35.5. The maximum Gasteiger partial charge on any atom is 0.244 e. The number of hydrogen-bond donors (Lipinski definition) is 1. The molecule has 0 radical (unpaired) electrons. The number of nitriles is 1. The number of nitrogens with one attached hydrogen (secondary N) is 1. The average Bonchev–Trinajstić information content (AvgIpc) is 2.49. The summed E-state index contributed by atoms with van der Waals surface area (Å²) in [5, 5.41) is 12.3. The van der Waals surface area contributed by atoms with E-state index in [2.05, 4.69) is 5.32 Å². The lowest BCUT2D eigenvalue weighted by atomic mass is 10.2. The van der Waals surface area contributed by atoms with Crippen molar-refractivity contribution in [3.63, 3.8) is 0 Å². The van der Waals surface area contributed by atoms with Gasteiger partial charge < -0.3 is 15.0 Å². The van der Waals surface area contributed by atoms with Gasteiger partial charge in [-0.15, -0.1) is 0 Å². The lowest BCUT2D eigenvalue weighted by Gasteiger charge is -2.29. The summed E-state index contributed by atoms with van der Waals surface area (Å²) in [4.78, 5) is 14.0. The zero-order chi connectivity index (χ0) is 14.5. The fraction of sp³-hybridized carbons (Fsp3) is 0.429. The van der Waals surface area contributed by atoms with Gasteiger partial charge >= 0.3 is 0 Å². The first kappa shape index (κ1) is 14.6. The average molecular weight is 294 g/mol. The summed E-state index contributed by atoms with van der Waals surface area (Å²) in [6.07, 6.45) is 0. The first-order chi connectivity index (χ1) is 9.61. The van der Waals surface area contributed by atoms with Gasteiger partial charge in [0.1, 0.15) is 6.04 Å². The van der Waals surface area contributed by atoms with E-state index in [0.29, 0.717) is 42.6 Å². The molecule has 5 nitrogen and oxygen atoms in total. The van der Waals surface area contributed by atoms with Crippen LogP contribution in [0.1, 0.15) is 12.5 Å². The second-order valence-corrected chi connectivity index (χ2v) is 5.02. The van der Waals surface area contributed by atoms with Crippen LogP contribution in [0.2, 0.25) is 5.02 Å². The Labute approximate surface area is 123 Å². The van der Waals surface area contributed by atoms with Crippen LogP contribution in [0.4, 0.5) is 5.69 Å². The van der Waals surface area contributed by atoms with Crippen LogP contribution in [0.3, 0.4) is 0 Å². The minimum absolute atomic E-state index is 0.0220. The number of hydrogen-bond acceptors (Lipinski definition) is 4. The molecule has 1 fully saturated rings. The molecule has 1 aromatic carbocycles. The van der Waals surface area contributed by atoms with Gasteiger partial charge in [-0.25, -0.2) is 0 Å². The summed E-state index contributed by atoms with van der Waals surface area (Å²) in [7, 11) is 0. The molecule has 6 heteroatoms. The van der Waals surface area contributed by atoms with E-state index in [1.165, 1.54) is 0 Å². The standard InChI is InChI=1S/C14H16ClN3O2/c1-10(14(19)18-4-6-20-7-5-18)17-13-3-2-11(9-16)8-12(13)15/h2-3,8,10,17H,4-7H2,1H3. The van der Waals surface area contributed by atoms with E-state index in [4.69, 9.17) is 21.6 Å². The van der Waals surface area contributed by atoms with Crippen LogP contribution >= 0.6 is 11.6 Å². The number of amides is 1. The lowest BCUT2D eigenvalue weighted by Crippen LogP contribution is -2.47. The van der Waals surface area contributed by atoms with E-state index in [1.54, 1.807) is 30.0 Å². The first-order valence-electron chi connectivity index (χ1n) is 6.44. The summed E-state index contributed by atoms with van der Waals surface area (Å²) in [6, 6.07) is 6.60. The molecule has 1 amide bonds. The topological polar surface area (TPSA) is 65.4 Å². The van der Waals surface area contributed by atoms with Crippen molar-refractivity contribution in [1.29, 1.82) is 5.26 Å². The molecule has 0 spiro atoms. The first-order valence-corrected chi connectivity index (χ1v) is 6.82. The van der Waals surface area contributed by atoms with Crippen LogP contribution < -0.4 is 5.32 Å². The molecule has 20 heavy (non-hydrogen) atoms. The number of halogens is 1. The van der Waals surface area contributed by atoms with Gasteiger partial charge in [0.2, 0.25) is 5.91 Å². The number of morpholine rings is 1. The van der Waals surface area contributed by atoms with E-state index in [-0.39, 0.29) is 11.9 Å². The Morgan fingerprint density at radius 2 is 2.20 bits per heavy atom. The molecule has 1 saturated heterocycles. The van der Waals surface area contributed by atoms with Gasteiger partial charge in [0.05, 0.1) is 35.6 Å². The molecule has 0 bridgehead atoms. The summed E-state index contributed by atoms with van der Waals surface area (Å²) >= 11 is 6.08. The van der Waals surface area contributed by atoms with Crippen molar-refractivity contribution in [1.82, 2.24) is 4.90 Å². The summed E-state index contributed by atoms with van der Waals surface area (Å²) in [6.45, 7) is 4.19. The van der Waals surface area contributed by atoms with Gasteiger partial charge in [0.15, 0.2) is 0 Å². The Bertz CT molecular complexity index is 536. The molecule has 2 rings (SSSR count). The SMILES string of the molecule is CC(Nc1ccc(C#N)cc1Cl)C(=O)N1CCOCC1. The normalized spacial score (nSPS) is 16.4. The highest BCUT2D eigenvalue weighted by Gasteiger charge is 2.22. The van der Waals surface area contributed by atoms with Gasteiger partial charge in [-0.3, -0.25) is 4.79 Å². The van der Waals surface area contributed by atoms with Crippen molar-refractivity contribution >= 4 is 23.2 Å². The van der Waals surface area contributed by atoms with Crippen molar-refractivity contribution in [2.45, 2.75) is 13.0 Å². The Morgan fingerprint density at radius 3 is 2.80 bits per heavy atom. The van der Waals surface area contributed by atoms with Gasteiger partial charge in [-0.05, 0) is 25.1 Å². The molecule has 1 atom stereocenters. The molecular formula is C14H16ClN3O2.